The lowest BCUT2D eigenvalue weighted by atomic mass is 9.89. The summed E-state index contributed by atoms with van der Waals surface area (Å²) in [6.45, 7) is 6.91. The maximum Gasteiger partial charge on any atom is 0.216 e. The minimum absolute atomic E-state index is 0.642. The molecule has 2 aromatic carbocycles. The van der Waals surface area contributed by atoms with Crippen LogP contribution in [-0.4, -0.2) is 0 Å². The predicted octanol–water partition coefficient (Wildman–Crippen LogP) is 6.50. The second-order valence-corrected chi connectivity index (χ2v) is 8.79. The number of aromatic nitrogens is 1. The maximum atomic E-state index is 2.50. The summed E-state index contributed by atoms with van der Waals surface area (Å²) in [5.41, 5.74) is 8.52. The molecule has 0 N–H and O–H groups in total. The number of hydrogen-bond donors (Lipinski definition) is 0. The van der Waals surface area contributed by atoms with Gasteiger partial charge in [0.25, 0.3) is 0 Å². The van der Waals surface area contributed by atoms with Crippen LogP contribution in [0.1, 0.15) is 62.1 Å². The van der Waals surface area contributed by atoms with Gasteiger partial charge in [-0.25, -0.2) is 0 Å². The molecule has 0 saturated heterocycles. The Morgan fingerprint density at radius 1 is 1.00 bits per heavy atom. The fraction of sp³-hybridized carbons (Fsp3) is 0.423. The lowest BCUT2D eigenvalue weighted by Crippen LogP contribution is -2.34. The fourth-order valence-electron chi connectivity index (χ4n) is 4.86. The van der Waals surface area contributed by atoms with E-state index >= 15 is 0 Å². The van der Waals surface area contributed by atoms with Crippen molar-refractivity contribution in [3.63, 3.8) is 0 Å². The first-order valence-electron chi connectivity index (χ1n) is 10.6. The Balaban J connectivity index is 1.94. The van der Waals surface area contributed by atoms with Crippen molar-refractivity contribution in [3.05, 3.63) is 65.2 Å². The highest BCUT2D eigenvalue weighted by Crippen LogP contribution is 2.37. The highest BCUT2D eigenvalue weighted by atomic mass is 14.9. The van der Waals surface area contributed by atoms with Crippen LogP contribution in [-0.2, 0) is 13.5 Å². The maximum absolute atomic E-state index is 2.50. The van der Waals surface area contributed by atoms with Crippen molar-refractivity contribution in [1.29, 1.82) is 0 Å². The van der Waals surface area contributed by atoms with Crippen LogP contribution in [0, 0.1) is 12.8 Å². The molecule has 1 heteroatoms. The molecule has 27 heavy (non-hydrogen) atoms. The Hall–Kier alpha value is -2.15. The van der Waals surface area contributed by atoms with Gasteiger partial charge in [0.05, 0.1) is 0 Å². The first-order chi connectivity index (χ1) is 13.0. The van der Waals surface area contributed by atoms with Gasteiger partial charge >= 0.3 is 0 Å². The number of para-hydroxylation sites is 1. The molecule has 0 unspecified atom stereocenters. The van der Waals surface area contributed by atoms with Gasteiger partial charge in [-0.15, -0.1) is 0 Å². The highest BCUT2D eigenvalue weighted by Gasteiger charge is 2.24. The first-order valence-corrected chi connectivity index (χ1v) is 10.6. The van der Waals surface area contributed by atoms with E-state index in [1.807, 2.05) is 0 Å². The molecule has 1 fully saturated rings. The van der Waals surface area contributed by atoms with Crippen molar-refractivity contribution in [3.8, 4) is 11.3 Å². The second-order valence-electron chi connectivity index (χ2n) is 8.79. The Labute approximate surface area is 164 Å². The molecular formula is C26H32N+. The van der Waals surface area contributed by atoms with E-state index in [-0.39, 0.29) is 0 Å². The van der Waals surface area contributed by atoms with E-state index in [2.05, 4.69) is 80.9 Å². The third-order valence-electron chi connectivity index (χ3n) is 6.24. The van der Waals surface area contributed by atoms with Crippen molar-refractivity contribution in [2.75, 3.05) is 0 Å². The van der Waals surface area contributed by atoms with Crippen LogP contribution in [0.15, 0.2) is 48.5 Å². The Kier molecular flexibility index (Phi) is 5.04. The summed E-state index contributed by atoms with van der Waals surface area (Å²) in [4.78, 5) is 0. The number of nitrogens with zero attached hydrogens (tertiary/aromatic N) is 1. The van der Waals surface area contributed by atoms with E-state index in [4.69, 9.17) is 0 Å². The van der Waals surface area contributed by atoms with Crippen molar-refractivity contribution in [2.24, 2.45) is 13.0 Å². The number of aryl methyl sites for hydroxylation is 2. The smallest absolute Gasteiger partial charge is 0.194 e. The summed E-state index contributed by atoms with van der Waals surface area (Å²) in [5, 5.41) is 1.34. The van der Waals surface area contributed by atoms with Gasteiger partial charge in [-0.2, -0.15) is 4.57 Å². The zero-order valence-electron chi connectivity index (χ0n) is 17.3. The number of fused-ring (bicyclic) bond motifs is 1. The fourth-order valence-corrected chi connectivity index (χ4v) is 4.86. The monoisotopic (exact) mass is 358 g/mol. The first kappa shape index (κ1) is 18.2. The van der Waals surface area contributed by atoms with Crippen LogP contribution in [0.3, 0.4) is 0 Å². The number of benzene rings is 2. The van der Waals surface area contributed by atoms with E-state index < -0.39 is 0 Å². The highest BCUT2D eigenvalue weighted by molar-refractivity contribution is 5.80. The second kappa shape index (κ2) is 7.46. The molecule has 0 amide bonds. The molecule has 1 nitrogen and oxygen atoms in total. The molecule has 0 bridgehead atoms. The van der Waals surface area contributed by atoms with Gasteiger partial charge in [-0.05, 0) is 67.3 Å². The summed E-state index contributed by atoms with van der Waals surface area (Å²) >= 11 is 0. The molecular weight excluding hydrogens is 326 g/mol. The molecule has 0 aliphatic heterocycles. The lowest BCUT2D eigenvalue weighted by molar-refractivity contribution is -0.634. The normalized spacial score (nSPS) is 15.1. The Bertz CT molecular complexity index is 961. The molecule has 0 atom stereocenters. The minimum atomic E-state index is 0.642. The molecule has 1 heterocycles. The van der Waals surface area contributed by atoms with Crippen molar-refractivity contribution in [2.45, 2.75) is 58.8 Å². The van der Waals surface area contributed by atoms with Crippen molar-refractivity contribution in [1.82, 2.24) is 0 Å². The average Bonchev–Trinajstić information content (AvgIpc) is 3.17. The third kappa shape index (κ3) is 3.52. The summed E-state index contributed by atoms with van der Waals surface area (Å²) in [5.74, 6) is 1.40. The average molecular weight is 359 g/mol. The number of rotatable bonds is 4. The van der Waals surface area contributed by atoms with Crippen molar-refractivity contribution >= 4 is 10.9 Å². The van der Waals surface area contributed by atoms with Gasteiger partial charge in [-0.3, -0.25) is 0 Å². The van der Waals surface area contributed by atoms with Crippen LogP contribution >= 0.6 is 0 Å². The van der Waals surface area contributed by atoms with E-state index in [0.717, 1.165) is 12.3 Å². The topological polar surface area (TPSA) is 3.88 Å². The Morgan fingerprint density at radius 2 is 1.74 bits per heavy atom. The van der Waals surface area contributed by atoms with Gasteiger partial charge in [0.1, 0.15) is 7.05 Å². The molecule has 0 radical (unpaired) electrons. The summed E-state index contributed by atoms with van der Waals surface area (Å²) < 4.78 is 2.42. The van der Waals surface area contributed by atoms with Crippen LogP contribution in [0.4, 0.5) is 0 Å². The van der Waals surface area contributed by atoms with E-state index in [9.17, 15) is 0 Å². The summed E-state index contributed by atoms with van der Waals surface area (Å²) in [7, 11) is 2.24. The molecule has 1 saturated carbocycles. The summed E-state index contributed by atoms with van der Waals surface area (Å²) in [6.07, 6.45) is 6.59. The van der Waals surface area contributed by atoms with Gasteiger partial charge in [0, 0.05) is 22.6 Å². The Morgan fingerprint density at radius 3 is 2.48 bits per heavy atom. The zero-order chi connectivity index (χ0) is 19.0. The quantitative estimate of drug-likeness (QED) is 0.469. The SMILES string of the molecule is Cc1ccc(C2CCCC2)cc1-c1c(CC(C)C)cc2ccccc2[n+]1C. The van der Waals surface area contributed by atoms with Gasteiger partial charge < -0.3 is 0 Å². The molecule has 1 aliphatic rings. The largest absolute Gasteiger partial charge is 0.216 e. The van der Waals surface area contributed by atoms with E-state index in [1.54, 1.807) is 0 Å². The lowest BCUT2D eigenvalue weighted by Gasteiger charge is -2.16. The van der Waals surface area contributed by atoms with Crippen LogP contribution < -0.4 is 4.57 Å². The van der Waals surface area contributed by atoms with E-state index in [1.165, 1.54) is 64.5 Å². The van der Waals surface area contributed by atoms with Gasteiger partial charge in [0.2, 0.25) is 11.2 Å². The van der Waals surface area contributed by atoms with Crippen molar-refractivity contribution < 1.29 is 4.57 Å². The predicted molar refractivity (Wildman–Crippen MR) is 115 cm³/mol. The van der Waals surface area contributed by atoms with Gasteiger partial charge in [0.15, 0.2) is 0 Å². The standard InChI is InChI=1S/C26H32N/c1-18(2)15-23-16-22-11-7-8-12-25(22)27(4)26(23)24-17-21(14-13-19(24)3)20-9-5-6-10-20/h7-8,11-14,16-18,20H,5-6,9-10,15H2,1-4H3/q+1. The molecule has 1 aromatic heterocycles. The third-order valence-corrected chi connectivity index (χ3v) is 6.24. The number of pyridine rings is 1. The number of hydrogen-bond acceptors (Lipinski definition) is 0. The van der Waals surface area contributed by atoms with Gasteiger partial charge in [-0.1, -0.05) is 51.0 Å². The zero-order valence-corrected chi connectivity index (χ0v) is 17.3. The van der Waals surface area contributed by atoms with Crippen LogP contribution in [0.5, 0.6) is 0 Å². The molecule has 0 spiro atoms. The molecule has 1 aliphatic carbocycles. The minimum Gasteiger partial charge on any atom is -0.194 e. The molecule has 140 valence electrons. The van der Waals surface area contributed by atoms with Crippen LogP contribution in [0.25, 0.3) is 22.2 Å². The van der Waals surface area contributed by atoms with E-state index in [0.29, 0.717) is 5.92 Å². The molecule has 4 rings (SSSR count). The molecule has 3 aromatic rings. The summed E-state index contributed by atoms with van der Waals surface area (Å²) in [6, 6.07) is 18.4. The van der Waals surface area contributed by atoms with Crippen LogP contribution in [0.2, 0.25) is 0 Å².